The number of benzene rings is 2. The molecule has 6 heteroatoms. The molecule has 0 aliphatic rings. The van der Waals surface area contributed by atoms with Crippen molar-refractivity contribution in [3.8, 4) is 0 Å². The molecule has 0 unspecified atom stereocenters. The van der Waals surface area contributed by atoms with Crippen molar-refractivity contribution >= 4 is 23.2 Å². The van der Waals surface area contributed by atoms with E-state index in [0.29, 0.717) is 25.2 Å². The van der Waals surface area contributed by atoms with Crippen LogP contribution in [0, 0.1) is 11.7 Å². The number of rotatable bonds is 8. The molecule has 0 bridgehead atoms. The molecule has 2 aromatic rings. The fourth-order valence-electron chi connectivity index (χ4n) is 2.98. The second-order valence-electron chi connectivity index (χ2n) is 7.61. The summed E-state index contributed by atoms with van der Waals surface area (Å²) in [6, 6.07) is 11.9. The van der Waals surface area contributed by atoms with Crippen molar-refractivity contribution in [3.63, 3.8) is 0 Å². The third-order valence-electron chi connectivity index (χ3n) is 4.66. The van der Waals surface area contributed by atoms with E-state index in [1.807, 2.05) is 58.0 Å². The van der Waals surface area contributed by atoms with E-state index in [4.69, 9.17) is 0 Å². The van der Waals surface area contributed by atoms with Crippen LogP contribution in [0.15, 0.2) is 42.5 Å². The number of halogens is 1. The molecule has 0 fully saturated rings. The van der Waals surface area contributed by atoms with E-state index in [1.165, 1.54) is 12.1 Å². The van der Waals surface area contributed by atoms with E-state index in [9.17, 15) is 14.0 Å². The summed E-state index contributed by atoms with van der Waals surface area (Å²) in [6.45, 7) is 6.29. The highest BCUT2D eigenvalue weighted by Gasteiger charge is 2.17. The highest BCUT2D eigenvalue weighted by molar-refractivity contribution is 5.92. The lowest BCUT2D eigenvalue weighted by Gasteiger charge is -2.26. The first-order valence-corrected chi connectivity index (χ1v) is 9.84. The van der Waals surface area contributed by atoms with Crippen LogP contribution >= 0.6 is 0 Å². The van der Waals surface area contributed by atoms with Crippen LogP contribution in [0.4, 0.5) is 15.8 Å². The Morgan fingerprint density at radius 3 is 2.24 bits per heavy atom. The minimum absolute atomic E-state index is 0.00986. The summed E-state index contributed by atoms with van der Waals surface area (Å²) < 4.78 is 13.2. The first kappa shape index (κ1) is 22.4. The van der Waals surface area contributed by atoms with Gasteiger partial charge in [0.05, 0.1) is 0 Å². The molecule has 2 rings (SSSR count). The van der Waals surface area contributed by atoms with Crippen LogP contribution in [0.1, 0.15) is 38.3 Å². The molecule has 2 amide bonds. The second-order valence-corrected chi connectivity index (χ2v) is 7.61. The summed E-state index contributed by atoms with van der Waals surface area (Å²) in [5.41, 5.74) is 3.47. The van der Waals surface area contributed by atoms with Crippen molar-refractivity contribution in [1.82, 2.24) is 4.90 Å². The lowest BCUT2D eigenvalue weighted by Crippen LogP contribution is -2.30. The number of hydrogen-bond donors (Lipinski definition) is 1. The molecule has 0 aromatic heterocycles. The second kappa shape index (κ2) is 10.0. The lowest BCUT2D eigenvalue weighted by molar-refractivity contribution is -0.132. The minimum Gasteiger partial charge on any atom is -0.377 e. The van der Waals surface area contributed by atoms with Gasteiger partial charge < -0.3 is 15.1 Å². The minimum atomic E-state index is -0.300. The maximum absolute atomic E-state index is 13.2. The van der Waals surface area contributed by atoms with Crippen LogP contribution in [-0.2, 0) is 22.7 Å². The smallest absolute Gasteiger partial charge is 0.226 e. The van der Waals surface area contributed by atoms with Crippen LogP contribution in [0.3, 0.4) is 0 Å². The molecule has 0 spiro atoms. The number of carbonyl (C=O) groups is 2. The van der Waals surface area contributed by atoms with Crippen LogP contribution in [0.2, 0.25) is 0 Å². The Morgan fingerprint density at radius 1 is 1.03 bits per heavy atom. The molecule has 0 aliphatic heterocycles. The molecule has 0 aliphatic carbocycles. The van der Waals surface area contributed by atoms with Gasteiger partial charge in [-0.1, -0.05) is 32.9 Å². The Labute approximate surface area is 172 Å². The Kier molecular flexibility index (Phi) is 7.76. The highest BCUT2D eigenvalue weighted by Crippen LogP contribution is 2.26. The van der Waals surface area contributed by atoms with Gasteiger partial charge >= 0.3 is 0 Å². The molecule has 0 radical (unpaired) electrons. The molecule has 0 saturated heterocycles. The summed E-state index contributed by atoms with van der Waals surface area (Å²) in [4.78, 5) is 28.4. The Bertz CT molecular complexity index is 848. The van der Waals surface area contributed by atoms with E-state index in [2.05, 4.69) is 5.32 Å². The zero-order valence-electron chi connectivity index (χ0n) is 17.8. The average molecular weight is 400 g/mol. The van der Waals surface area contributed by atoms with Gasteiger partial charge in [0.1, 0.15) is 5.82 Å². The Hall–Kier alpha value is -2.89. The maximum atomic E-state index is 13.2. The zero-order valence-corrected chi connectivity index (χ0v) is 17.8. The van der Waals surface area contributed by atoms with Crippen LogP contribution in [0.5, 0.6) is 0 Å². The van der Waals surface area contributed by atoms with Crippen molar-refractivity contribution in [2.75, 3.05) is 24.3 Å². The molecule has 2 aromatic carbocycles. The van der Waals surface area contributed by atoms with Gasteiger partial charge in [-0.15, -0.1) is 0 Å². The summed E-state index contributed by atoms with van der Waals surface area (Å²) in [5, 5.41) is 2.92. The SMILES string of the molecule is CCC(=O)N(Cc1ccc(F)cc1)Cc1cc(NC(=O)C(C)C)ccc1N(C)C. The van der Waals surface area contributed by atoms with Gasteiger partial charge in [-0.2, -0.15) is 0 Å². The van der Waals surface area contributed by atoms with Crippen molar-refractivity contribution in [3.05, 3.63) is 59.4 Å². The number of nitrogens with zero attached hydrogens (tertiary/aromatic N) is 2. The van der Waals surface area contributed by atoms with Crippen molar-refractivity contribution in [1.29, 1.82) is 0 Å². The number of anilines is 2. The summed E-state index contributed by atoms with van der Waals surface area (Å²) >= 11 is 0. The van der Waals surface area contributed by atoms with Gasteiger partial charge in [0, 0.05) is 50.9 Å². The summed E-state index contributed by atoms with van der Waals surface area (Å²) in [5.74, 6) is -0.466. The molecular weight excluding hydrogens is 369 g/mol. The van der Waals surface area contributed by atoms with Gasteiger partial charge in [-0.05, 0) is 41.5 Å². The quantitative estimate of drug-likeness (QED) is 0.715. The first-order chi connectivity index (χ1) is 13.7. The Morgan fingerprint density at radius 2 is 1.69 bits per heavy atom. The van der Waals surface area contributed by atoms with E-state index in [0.717, 1.165) is 16.8 Å². The molecule has 156 valence electrons. The predicted octanol–water partition coefficient (Wildman–Crippen LogP) is 4.43. The summed E-state index contributed by atoms with van der Waals surface area (Å²) in [6.07, 6.45) is 0.377. The van der Waals surface area contributed by atoms with Crippen molar-refractivity contribution in [2.45, 2.75) is 40.3 Å². The topological polar surface area (TPSA) is 52.7 Å². The zero-order chi connectivity index (χ0) is 21.6. The maximum Gasteiger partial charge on any atom is 0.226 e. The highest BCUT2D eigenvalue weighted by atomic mass is 19.1. The van der Waals surface area contributed by atoms with E-state index >= 15 is 0 Å². The third-order valence-corrected chi connectivity index (χ3v) is 4.66. The number of carbonyl (C=O) groups excluding carboxylic acids is 2. The van der Waals surface area contributed by atoms with Gasteiger partial charge in [-0.3, -0.25) is 9.59 Å². The standard InChI is InChI=1S/C23H30FN3O2/c1-6-22(28)27(14-17-7-9-19(24)10-8-17)15-18-13-20(25-23(29)16(2)3)11-12-21(18)26(4)5/h7-13,16H,6,14-15H2,1-5H3,(H,25,29). The lowest BCUT2D eigenvalue weighted by atomic mass is 10.1. The van der Waals surface area contributed by atoms with Gasteiger partial charge in [0.2, 0.25) is 11.8 Å². The van der Waals surface area contributed by atoms with Crippen molar-refractivity contribution < 1.29 is 14.0 Å². The fraction of sp³-hybridized carbons (Fsp3) is 0.391. The van der Waals surface area contributed by atoms with Crippen molar-refractivity contribution in [2.24, 2.45) is 5.92 Å². The largest absolute Gasteiger partial charge is 0.377 e. The average Bonchev–Trinajstić information content (AvgIpc) is 2.68. The number of amides is 2. The van der Waals surface area contributed by atoms with Gasteiger partial charge in [-0.25, -0.2) is 4.39 Å². The molecule has 1 N–H and O–H groups in total. The van der Waals surface area contributed by atoms with Crippen LogP contribution in [-0.4, -0.2) is 30.8 Å². The van der Waals surface area contributed by atoms with Crippen LogP contribution in [0.25, 0.3) is 0 Å². The molecule has 0 atom stereocenters. The fourth-order valence-corrected chi connectivity index (χ4v) is 2.98. The normalized spacial score (nSPS) is 10.7. The molecule has 29 heavy (non-hydrogen) atoms. The third kappa shape index (κ3) is 6.31. The van der Waals surface area contributed by atoms with E-state index in [-0.39, 0.29) is 23.5 Å². The van der Waals surface area contributed by atoms with E-state index < -0.39 is 0 Å². The monoisotopic (exact) mass is 399 g/mol. The molecule has 0 heterocycles. The number of hydrogen-bond acceptors (Lipinski definition) is 3. The van der Waals surface area contributed by atoms with Gasteiger partial charge in [0.15, 0.2) is 0 Å². The Balaban J connectivity index is 2.32. The summed E-state index contributed by atoms with van der Waals surface area (Å²) in [7, 11) is 3.88. The number of nitrogens with one attached hydrogen (secondary N) is 1. The van der Waals surface area contributed by atoms with E-state index in [1.54, 1.807) is 17.0 Å². The molecule has 0 saturated carbocycles. The van der Waals surface area contributed by atoms with Crippen LogP contribution < -0.4 is 10.2 Å². The molecular formula is C23H30FN3O2. The molecule has 5 nitrogen and oxygen atoms in total. The predicted molar refractivity (Wildman–Crippen MR) is 115 cm³/mol. The van der Waals surface area contributed by atoms with Gasteiger partial charge in [0.25, 0.3) is 0 Å². The first-order valence-electron chi connectivity index (χ1n) is 9.84.